The number of rotatable bonds is 5. The number of benzene rings is 2. The van der Waals surface area contributed by atoms with E-state index in [0.717, 1.165) is 15.6 Å². The summed E-state index contributed by atoms with van der Waals surface area (Å²) in [5.74, 6) is -0.130. The van der Waals surface area contributed by atoms with Gasteiger partial charge in [0.1, 0.15) is 0 Å². The summed E-state index contributed by atoms with van der Waals surface area (Å²) in [5.41, 5.74) is 8.10. The van der Waals surface area contributed by atoms with Gasteiger partial charge >= 0.3 is 0 Å². The van der Waals surface area contributed by atoms with Gasteiger partial charge in [0, 0.05) is 4.47 Å². The summed E-state index contributed by atoms with van der Waals surface area (Å²) in [5, 5.41) is 2.96. The van der Waals surface area contributed by atoms with Crippen LogP contribution in [0.4, 0.5) is 0 Å². The van der Waals surface area contributed by atoms with Gasteiger partial charge in [-0.2, -0.15) is 0 Å². The second-order valence-corrected chi connectivity index (χ2v) is 5.99. The number of nitrogens with two attached hydrogens (primary N) is 1. The molecule has 2 rings (SSSR count). The number of nitrogens with one attached hydrogen (secondary N) is 1. The maximum Gasteiger partial charge on any atom is 0.237 e. The lowest BCUT2D eigenvalue weighted by Crippen LogP contribution is -2.42. The molecule has 0 saturated heterocycles. The van der Waals surface area contributed by atoms with Crippen LogP contribution in [-0.4, -0.2) is 11.9 Å². The van der Waals surface area contributed by atoms with E-state index in [1.54, 1.807) is 0 Å². The van der Waals surface area contributed by atoms with Crippen LogP contribution in [0, 0.1) is 0 Å². The van der Waals surface area contributed by atoms with Gasteiger partial charge in [0.2, 0.25) is 5.91 Å². The molecule has 0 heterocycles. The number of hydrogen-bond acceptors (Lipinski definition) is 2. The van der Waals surface area contributed by atoms with Crippen molar-refractivity contribution in [2.75, 3.05) is 0 Å². The van der Waals surface area contributed by atoms with Gasteiger partial charge in [-0.3, -0.25) is 4.79 Å². The number of halogens is 1. The van der Waals surface area contributed by atoms with E-state index < -0.39 is 6.04 Å². The predicted molar refractivity (Wildman–Crippen MR) is 88.8 cm³/mol. The van der Waals surface area contributed by atoms with Crippen LogP contribution in [0.5, 0.6) is 0 Å². The van der Waals surface area contributed by atoms with Crippen LogP contribution in [0.15, 0.2) is 59.1 Å². The summed E-state index contributed by atoms with van der Waals surface area (Å²) in [6.07, 6.45) is 0.541. The highest BCUT2D eigenvalue weighted by Gasteiger charge is 2.16. The molecule has 0 aliphatic rings. The molecular formula is C17H19BrN2O. The van der Waals surface area contributed by atoms with E-state index in [9.17, 15) is 4.79 Å². The van der Waals surface area contributed by atoms with E-state index in [0.29, 0.717) is 6.42 Å². The standard InChI is InChI=1S/C17H19BrN2O/c1-12(14-7-9-15(18)10-8-14)20-17(21)16(19)11-13-5-3-2-4-6-13/h2-10,12,16H,11,19H2,1H3,(H,20,21)/t12?,16-/m1/s1. The SMILES string of the molecule is CC(NC(=O)[C@H](N)Cc1ccccc1)c1ccc(Br)cc1. The van der Waals surface area contributed by atoms with Crippen LogP contribution in [0.2, 0.25) is 0 Å². The maximum absolute atomic E-state index is 12.2. The van der Waals surface area contributed by atoms with E-state index >= 15 is 0 Å². The van der Waals surface area contributed by atoms with Gasteiger partial charge in [0.25, 0.3) is 0 Å². The lowest BCUT2D eigenvalue weighted by Gasteiger charge is -2.18. The molecule has 3 N–H and O–H groups in total. The first-order valence-electron chi connectivity index (χ1n) is 6.91. The summed E-state index contributed by atoms with van der Waals surface area (Å²) < 4.78 is 1.02. The van der Waals surface area contributed by atoms with Crippen molar-refractivity contribution in [1.82, 2.24) is 5.32 Å². The number of carbonyl (C=O) groups excluding carboxylic acids is 1. The fourth-order valence-electron chi connectivity index (χ4n) is 2.12. The van der Waals surface area contributed by atoms with Crippen LogP contribution >= 0.6 is 15.9 Å². The largest absolute Gasteiger partial charge is 0.348 e. The first-order valence-corrected chi connectivity index (χ1v) is 7.71. The van der Waals surface area contributed by atoms with Crippen LogP contribution in [0.1, 0.15) is 24.1 Å². The van der Waals surface area contributed by atoms with Crippen molar-refractivity contribution in [1.29, 1.82) is 0 Å². The normalized spacial score (nSPS) is 13.5. The first kappa shape index (κ1) is 15.7. The Labute approximate surface area is 133 Å². The smallest absolute Gasteiger partial charge is 0.237 e. The van der Waals surface area contributed by atoms with Gasteiger partial charge in [-0.05, 0) is 36.6 Å². The molecule has 0 aromatic heterocycles. The van der Waals surface area contributed by atoms with Crippen LogP contribution in [0.25, 0.3) is 0 Å². The Bertz CT molecular complexity index is 583. The monoisotopic (exact) mass is 346 g/mol. The van der Waals surface area contributed by atoms with Crippen molar-refractivity contribution >= 4 is 21.8 Å². The van der Waals surface area contributed by atoms with Crippen molar-refractivity contribution in [3.63, 3.8) is 0 Å². The first-order chi connectivity index (χ1) is 10.1. The van der Waals surface area contributed by atoms with Gasteiger partial charge in [-0.1, -0.05) is 58.4 Å². The Morgan fingerprint density at radius 1 is 1.14 bits per heavy atom. The molecule has 2 aromatic rings. The summed E-state index contributed by atoms with van der Waals surface area (Å²) in [4.78, 5) is 12.2. The van der Waals surface area contributed by atoms with E-state index in [-0.39, 0.29) is 11.9 Å². The second-order valence-electron chi connectivity index (χ2n) is 5.08. The molecule has 21 heavy (non-hydrogen) atoms. The molecular weight excluding hydrogens is 328 g/mol. The molecule has 1 amide bonds. The zero-order chi connectivity index (χ0) is 15.2. The summed E-state index contributed by atoms with van der Waals surface area (Å²) in [6, 6.07) is 17.1. The van der Waals surface area contributed by atoms with E-state index in [1.807, 2.05) is 61.5 Å². The molecule has 1 unspecified atom stereocenters. The van der Waals surface area contributed by atoms with Gasteiger partial charge in [-0.25, -0.2) is 0 Å². The minimum atomic E-state index is -0.537. The Balaban J connectivity index is 1.92. The Morgan fingerprint density at radius 3 is 2.38 bits per heavy atom. The molecule has 0 aliphatic heterocycles. The summed E-state index contributed by atoms with van der Waals surface area (Å²) in [6.45, 7) is 1.95. The molecule has 0 fully saturated rings. The zero-order valence-electron chi connectivity index (χ0n) is 11.9. The molecule has 0 bridgehead atoms. The molecule has 4 heteroatoms. The van der Waals surface area contributed by atoms with E-state index in [2.05, 4.69) is 21.2 Å². The molecule has 0 aliphatic carbocycles. The topological polar surface area (TPSA) is 55.1 Å². The quantitative estimate of drug-likeness (QED) is 0.873. The minimum absolute atomic E-state index is 0.0626. The van der Waals surface area contributed by atoms with Gasteiger partial charge in [0.15, 0.2) is 0 Å². The molecule has 0 saturated carbocycles. The van der Waals surface area contributed by atoms with Crippen molar-refractivity contribution in [2.24, 2.45) is 5.73 Å². The fourth-order valence-corrected chi connectivity index (χ4v) is 2.38. The second kappa shape index (κ2) is 7.38. The van der Waals surface area contributed by atoms with E-state index in [4.69, 9.17) is 5.73 Å². The van der Waals surface area contributed by atoms with Gasteiger partial charge in [0.05, 0.1) is 12.1 Å². The average molecular weight is 347 g/mol. The van der Waals surface area contributed by atoms with Crippen molar-refractivity contribution in [3.8, 4) is 0 Å². The van der Waals surface area contributed by atoms with Crippen LogP contribution < -0.4 is 11.1 Å². The van der Waals surface area contributed by atoms with Crippen LogP contribution in [0.3, 0.4) is 0 Å². The zero-order valence-corrected chi connectivity index (χ0v) is 13.5. The Kier molecular flexibility index (Phi) is 5.53. The predicted octanol–water partition coefficient (Wildman–Crippen LogP) is 3.20. The summed E-state index contributed by atoms with van der Waals surface area (Å²) >= 11 is 3.40. The lowest BCUT2D eigenvalue weighted by atomic mass is 10.0. The Morgan fingerprint density at radius 2 is 1.76 bits per heavy atom. The molecule has 0 radical (unpaired) electrons. The highest BCUT2D eigenvalue weighted by molar-refractivity contribution is 9.10. The van der Waals surface area contributed by atoms with Crippen molar-refractivity contribution in [2.45, 2.75) is 25.4 Å². The van der Waals surface area contributed by atoms with E-state index in [1.165, 1.54) is 0 Å². The summed E-state index contributed by atoms with van der Waals surface area (Å²) in [7, 11) is 0. The molecule has 2 aromatic carbocycles. The Hall–Kier alpha value is -1.65. The fraction of sp³-hybridized carbons (Fsp3) is 0.235. The molecule has 0 spiro atoms. The molecule has 110 valence electrons. The third-order valence-corrected chi connectivity index (χ3v) is 3.89. The third kappa shape index (κ3) is 4.69. The average Bonchev–Trinajstić information content (AvgIpc) is 2.48. The minimum Gasteiger partial charge on any atom is -0.348 e. The lowest BCUT2D eigenvalue weighted by molar-refractivity contribution is -0.123. The van der Waals surface area contributed by atoms with Gasteiger partial charge in [-0.15, -0.1) is 0 Å². The number of amides is 1. The number of hydrogen-bond donors (Lipinski definition) is 2. The maximum atomic E-state index is 12.2. The molecule has 2 atom stereocenters. The molecule has 3 nitrogen and oxygen atoms in total. The van der Waals surface area contributed by atoms with Crippen molar-refractivity contribution < 1.29 is 4.79 Å². The third-order valence-electron chi connectivity index (χ3n) is 3.36. The highest BCUT2D eigenvalue weighted by Crippen LogP contribution is 2.16. The van der Waals surface area contributed by atoms with Crippen molar-refractivity contribution in [3.05, 3.63) is 70.2 Å². The number of carbonyl (C=O) groups is 1. The van der Waals surface area contributed by atoms with Gasteiger partial charge < -0.3 is 11.1 Å². The van der Waals surface area contributed by atoms with Crippen LogP contribution in [-0.2, 0) is 11.2 Å². The highest BCUT2D eigenvalue weighted by atomic mass is 79.9.